The Kier molecular flexibility index (Phi) is 7.82. The number of rotatable bonds is 6. The SMILES string of the molecule is C=C(C)/C=C(/C=C\CC(=O)OCC)SC. The second kappa shape index (κ2) is 8.36. The third kappa shape index (κ3) is 8.06. The van der Waals surface area contributed by atoms with Gasteiger partial charge in [0.25, 0.3) is 0 Å². The molecular formula is C12H18O2S. The average molecular weight is 226 g/mol. The van der Waals surface area contributed by atoms with Crippen molar-refractivity contribution in [3.8, 4) is 0 Å². The largest absolute Gasteiger partial charge is 0.466 e. The molecule has 0 bridgehead atoms. The van der Waals surface area contributed by atoms with Crippen LogP contribution in [0.1, 0.15) is 20.3 Å². The number of ether oxygens (including phenoxy) is 1. The molecule has 0 aromatic carbocycles. The van der Waals surface area contributed by atoms with E-state index in [1.54, 1.807) is 18.7 Å². The zero-order chi connectivity index (χ0) is 11.7. The van der Waals surface area contributed by atoms with Crippen LogP contribution in [0.3, 0.4) is 0 Å². The van der Waals surface area contributed by atoms with E-state index in [4.69, 9.17) is 4.74 Å². The highest BCUT2D eigenvalue weighted by Crippen LogP contribution is 2.15. The minimum atomic E-state index is -0.190. The Hall–Kier alpha value is -0.960. The summed E-state index contributed by atoms with van der Waals surface area (Å²) in [6, 6.07) is 0. The molecule has 84 valence electrons. The Balaban J connectivity index is 4.13. The van der Waals surface area contributed by atoms with Crippen LogP contribution in [0, 0.1) is 0 Å². The second-order valence-electron chi connectivity index (χ2n) is 3.01. The van der Waals surface area contributed by atoms with Gasteiger partial charge in [0, 0.05) is 4.91 Å². The van der Waals surface area contributed by atoms with Gasteiger partial charge in [0.15, 0.2) is 0 Å². The van der Waals surface area contributed by atoms with E-state index in [0.717, 1.165) is 10.5 Å². The van der Waals surface area contributed by atoms with Crippen LogP contribution in [0.5, 0.6) is 0 Å². The van der Waals surface area contributed by atoms with Gasteiger partial charge in [-0.15, -0.1) is 11.8 Å². The zero-order valence-corrected chi connectivity index (χ0v) is 10.4. The van der Waals surface area contributed by atoms with Crippen molar-refractivity contribution in [2.24, 2.45) is 0 Å². The first-order valence-corrected chi connectivity index (χ1v) is 6.06. The zero-order valence-electron chi connectivity index (χ0n) is 9.58. The third-order valence-electron chi connectivity index (χ3n) is 1.50. The fourth-order valence-electron chi connectivity index (χ4n) is 0.909. The molecule has 15 heavy (non-hydrogen) atoms. The molecule has 0 aliphatic carbocycles. The third-order valence-corrected chi connectivity index (χ3v) is 2.22. The molecule has 0 fully saturated rings. The van der Waals surface area contributed by atoms with Crippen molar-refractivity contribution in [3.63, 3.8) is 0 Å². The van der Waals surface area contributed by atoms with Gasteiger partial charge in [-0.25, -0.2) is 0 Å². The highest BCUT2D eigenvalue weighted by atomic mass is 32.2. The molecule has 3 heteroatoms. The van der Waals surface area contributed by atoms with E-state index in [1.807, 2.05) is 31.4 Å². The Morgan fingerprint density at radius 3 is 2.67 bits per heavy atom. The Morgan fingerprint density at radius 2 is 2.20 bits per heavy atom. The fourth-order valence-corrected chi connectivity index (χ4v) is 1.46. The minimum absolute atomic E-state index is 0.190. The number of allylic oxidation sites excluding steroid dienone is 3. The second-order valence-corrected chi connectivity index (χ2v) is 3.89. The molecule has 0 rings (SSSR count). The number of hydrogen-bond donors (Lipinski definition) is 0. The van der Waals surface area contributed by atoms with Crippen molar-refractivity contribution in [1.82, 2.24) is 0 Å². The molecule has 0 aliphatic heterocycles. The lowest BCUT2D eigenvalue weighted by atomic mass is 10.3. The lowest BCUT2D eigenvalue weighted by molar-refractivity contribution is -0.142. The highest BCUT2D eigenvalue weighted by Gasteiger charge is 1.96. The molecule has 0 saturated heterocycles. The Labute approximate surface area is 96.1 Å². The van der Waals surface area contributed by atoms with Crippen molar-refractivity contribution < 1.29 is 9.53 Å². The molecule has 0 aromatic rings. The molecule has 2 nitrogen and oxygen atoms in total. The number of thioether (sulfide) groups is 1. The maximum absolute atomic E-state index is 11.0. The van der Waals surface area contributed by atoms with E-state index in [9.17, 15) is 4.79 Å². The Bertz CT molecular complexity index is 277. The monoisotopic (exact) mass is 226 g/mol. The van der Waals surface area contributed by atoms with Gasteiger partial charge in [-0.2, -0.15) is 0 Å². The summed E-state index contributed by atoms with van der Waals surface area (Å²) < 4.78 is 4.80. The first kappa shape index (κ1) is 14.0. The number of esters is 1. The van der Waals surface area contributed by atoms with Crippen molar-refractivity contribution in [2.75, 3.05) is 12.9 Å². The van der Waals surface area contributed by atoms with Crippen LogP contribution in [0.4, 0.5) is 0 Å². The first-order valence-electron chi connectivity index (χ1n) is 4.83. The molecule has 0 N–H and O–H groups in total. The number of carbonyl (C=O) groups is 1. The summed E-state index contributed by atoms with van der Waals surface area (Å²) in [7, 11) is 0. The van der Waals surface area contributed by atoms with Gasteiger partial charge in [0.1, 0.15) is 0 Å². The molecule has 0 radical (unpaired) electrons. The van der Waals surface area contributed by atoms with Gasteiger partial charge in [-0.1, -0.05) is 24.3 Å². The molecule has 0 heterocycles. The molecule has 0 aromatic heterocycles. The van der Waals surface area contributed by atoms with E-state index < -0.39 is 0 Å². The standard InChI is InChI=1S/C12H18O2S/c1-5-14-12(13)8-6-7-11(15-4)9-10(2)3/h6-7,9H,2,5,8H2,1,3-4H3/b7-6-,11-9-. The van der Waals surface area contributed by atoms with Crippen molar-refractivity contribution in [3.05, 3.63) is 35.3 Å². The Morgan fingerprint density at radius 1 is 1.53 bits per heavy atom. The topological polar surface area (TPSA) is 26.3 Å². The van der Waals surface area contributed by atoms with E-state index >= 15 is 0 Å². The molecule has 0 spiro atoms. The maximum atomic E-state index is 11.0. The molecule has 0 atom stereocenters. The normalized spacial score (nSPS) is 11.8. The minimum Gasteiger partial charge on any atom is -0.466 e. The van der Waals surface area contributed by atoms with Crippen LogP contribution in [0.15, 0.2) is 35.3 Å². The predicted molar refractivity (Wildman–Crippen MR) is 66.8 cm³/mol. The van der Waals surface area contributed by atoms with E-state index in [2.05, 4.69) is 6.58 Å². The maximum Gasteiger partial charge on any atom is 0.309 e. The van der Waals surface area contributed by atoms with Crippen LogP contribution >= 0.6 is 11.8 Å². The van der Waals surface area contributed by atoms with Crippen LogP contribution in [0.2, 0.25) is 0 Å². The van der Waals surface area contributed by atoms with E-state index in [1.165, 1.54) is 0 Å². The summed E-state index contributed by atoms with van der Waals surface area (Å²) in [6.07, 6.45) is 8.01. The summed E-state index contributed by atoms with van der Waals surface area (Å²) in [5.41, 5.74) is 1.00. The summed E-state index contributed by atoms with van der Waals surface area (Å²) in [5.74, 6) is -0.190. The predicted octanol–water partition coefficient (Wildman–Crippen LogP) is 3.32. The van der Waals surface area contributed by atoms with Gasteiger partial charge in [0.05, 0.1) is 13.0 Å². The van der Waals surface area contributed by atoms with Crippen LogP contribution in [-0.4, -0.2) is 18.8 Å². The van der Waals surface area contributed by atoms with Gasteiger partial charge in [-0.3, -0.25) is 4.79 Å². The van der Waals surface area contributed by atoms with E-state index in [-0.39, 0.29) is 5.97 Å². The van der Waals surface area contributed by atoms with Gasteiger partial charge >= 0.3 is 5.97 Å². The summed E-state index contributed by atoms with van der Waals surface area (Å²) in [4.78, 5) is 12.1. The van der Waals surface area contributed by atoms with Gasteiger partial charge < -0.3 is 4.74 Å². The lowest BCUT2D eigenvalue weighted by Crippen LogP contribution is -2.01. The van der Waals surface area contributed by atoms with Crippen LogP contribution in [-0.2, 0) is 9.53 Å². The first-order chi connectivity index (χ1) is 7.10. The molecule has 0 unspecified atom stereocenters. The number of hydrogen-bond acceptors (Lipinski definition) is 3. The fraction of sp³-hybridized carbons (Fsp3) is 0.417. The molecule has 0 amide bonds. The van der Waals surface area contributed by atoms with Gasteiger partial charge in [-0.05, 0) is 26.2 Å². The average Bonchev–Trinajstić information content (AvgIpc) is 2.16. The van der Waals surface area contributed by atoms with Gasteiger partial charge in [0.2, 0.25) is 0 Å². The molecular weight excluding hydrogens is 208 g/mol. The molecule has 0 saturated carbocycles. The number of carbonyl (C=O) groups excluding carboxylic acids is 1. The summed E-state index contributed by atoms with van der Waals surface area (Å²) in [6.45, 7) is 7.98. The van der Waals surface area contributed by atoms with Crippen molar-refractivity contribution in [2.45, 2.75) is 20.3 Å². The quantitative estimate of drug-likeness (QED) is 0.513. The van der Waals surface area contributed by atoms with Crippen LogP contribution in [0.25, 0.3) is 0 Å². The highest BCUT2D eigenvalue weighted by molar-refractivity contribution is 8.02. The van der Waals surface area contributed by atoms with Crippen molar-refractivity contribution in [1.29, 1.82) is 0 Å². The molecule has 0 aliphatic rings. The van der Waals surface area contributed by atoms with Crippen LogP contribution < -0.4 is 0 Å². The lowest BCUT2D eigenvalue weighted by Gasteiger charge is -1.98. The van der Waals surface area contributed by atoms with E-state index in [0.29, 0.717) is 13.0 Å². The summed E-state index contributed by atoms with van der Waals surface area (Å²) >= 11 is 1.62. The van der Waals surface area contributed by atoms with Crippen molar-refractivity contribution >= 4 is 17.7 Å². The smallest absolute Gasteiger partial charge is 0.309 e. The summed E-state index contributed by atoms with van der Waals surface area (Å²) in [5, 5.41) is 0.